The molecule has 0 atom stereocenters. The van der Waals surface area contributed by atoms with Crippen LogP contribution in [0.3, 0.4) is 0 Å². The van der Waals surface area contributed by atoms with E-state index in [1.54, 1.807) is 6.08 Å². The molecule has 0 fully saturated rings. The highest BCUT2D eigenvalue weighted by Gasteiger charge is 1.90. The summed E-state index contributed by atoms with van der Waals surface area (Å²) in [4.78, 5) is 0. The summed E-state index contributed by atoms with van der Waals surface area (Å²) in [5, 5.41) is 3.17. The monoisotopic (exact) mass is 187 g/mol. The van der Waals surface area contributed by atoms with Crippen LogP contribution in [0.4, 0.5) is 0 Å². The highest BCUT2D eigenvalue weighted by Crippen LogP contribution is 1.98. The predicted molar refractivity (Wildman–Crippen MR) is 67.7 cm³/mol. The van der Waals surface area contributed by atoms with Gasteiger partial charge in [0.1, 0.15) is 7.85 Å². The molecule has 0 unspecified atom stereocenters. The van der Waals surface area contributed by atoms with Crippen molar-refractivity contribution in [2.75, 3.05) is 0 Å². The van der Waals surface area contributed by atoms with Gasteiger partial charge in [0, 0.05) is 11.4 Å². The van der Waals surface area contributed by atoms with E-state index in [1.165, 1.54) is 0 Å². The predicted octanol–water partition coefficient (Wildman–Crippen LogP) is 2.27. The quantitative estimate of drug-likeness (QED) is 0.496. The Labute approximate surface area is 88.0 Å². The third kappa shape index (κ3) is 6.12. The fraction of sp³-hybridized carbons (Fsp3) is 0.167. The second-order valence-corrected chi connectivity index (χ2v) is 2.82. The van der Waals surface area contributed by atoms with E-state index >= 15 is 0 Å². The van der Waals surface area contributed by atoms with Crippen LogP contribution in [0.25, 0.3) is 0 Å². The van der Waals surface area contributed by atoms with Crippen LogP contribution in [-0.2, 0) is 0 Å². The summed E-state index contributed by atoms with van der Waals surface area (Å²) < 4.78 is 0. The Morgan fingerprint density at radius 1 is 1.36 bits per heavy atom. The van der Waals surface area contributed by atoms with Crippen molar-refractivity contribution in [3.05, 3.63) is 60.9 Å². The molecule has 14 heavy (non-hydrogen) atoms. The molecule has 2 heteroatoms. The highest BCUT2D eigenvalue weighted by molar-refractivity contribution is 6.17. The van der Waals surface area contributed by atoms with Crippen molar-refractivity contribution in [1.29, 1.82) is 0 Å². The normalized spacial score (nSPS) is 12.2. The molecule has 0 amide bonds. The number of allylic oxidation sites excluding steroid dienone is 6. The summed E-state index contributed by atoms with van der Waals surface area (Å²) in [5.74, 6) is 1.98. The summed E-state index contributed by atoms with van der Waals surface area (Å²) in [6.45, 7) is 9.65. The number of hydrogen-bond acceptors (Lipinski definition) is 1. The number of hydrogen-bond donors (Lipinski definition) is 1. The van der Waals surface area contributed by atoms with Gasteiger partial charge < -0.3 is 5.32 Å². The Hall–Kier alpha value is -1.44. The van der Waals surface area contributed by atoms with E-state index in [0.29, 0.717) is 0 Å². The maximum atomic E-state index is 3.87. The molecule has 0 aliphatic heterocycles. The third-order valence-electron chi connectivity index (χ3n) is 1.66. The van der Waals surface area contributed by atoms with Crippen LogP contribution in [0.2, 0.25) is 0 Å². The van der Waals surface area contributed by atoms with Crippen molar-refractivity contribution < 1.29 is 0 Å². The van der Waals surface area contributed by atoms with E-state index in [0.717, 1.165) is 17.8 Å². The zero-order chi connectivity index (χ0) is 10.8. The lowest BCUT2D eigenvalue weighted by atomic mass is 10.1. The van der Waals surface area contributed by atoms with Crippen molar-refractivity contribution in [2.45, 2.75) is 13.3 Å². The highest BCUT2D eigenvalue weighted by atomic mass is 14.9. The standard InChI is InChI=1S/C12H18BN/c1-4-11(3)14-12(5-2)9-7-6-8-10-13/h5-10,14H,2-4,13H2,1H3/b7-6-,10-8+,12-9+. The van der Waals surface area contributed by atoms with E-state index in [2.05, 4.69) is 25.4 Å². The van der Waals surface area contributed by atoms with E-state index in [9.17, 15) is 0 Å². The molecule has 0 radical (unpaired) electrons. The van der Waals surface area contributed by atoms with Crippen molar-refractivity contribution in [2.24, 2.45) is 0 Å². The molecule has 74 valence electrons. The SMILES string of the molecule is B/C=C/C=C\C=C(/C=C)NC(=C)CC. The summed E-state index contributed by atoms with van der Waals surface area (Å²) in [6, 6.07) is 0. The van der Waals surface area contributed by atoms with Crippen molar-refractivity contribution in [1.82, 2.24) is 5.32 Å². The van der Waals surface area contributed by atoms with Gasteiger partial charge in [-0.25, -0.2) is 0 Å². The summed E-state index contributed by atoms with van der Waals surface area (Å²) >= 11 is 0. The van der Waals surface area contributed by atoms with Gasteiger partial charge in [-0.05, 0) is 18.6 Å². The molecule has 0 heterocycles. The van der Waals surface area contributed by atoms with Crippen molar-refractivity contribution in [3.63, 3.8) is 0 Å². The first-order valence-electron chi connectivity index (χ1n) is 4.81. The minimum absolute atomic E-state index is 0.920. The Bertz CT molecular complexity index is 272. The lowest BCUT2D eigenvalue weighted by Crippen LogP contribution is -2.08. The van der Waals surface area contributed by atoms with Crippen LogP contribution >= 0.6 is 0 Å². The number of rotatable bonds is 6. The minimum atomic E-state index is 0.920. The van der Waals surface area contributed by atoms with Crippen LogP contribution < -0.4 is 5.32 Å². The van der Waals surface area contributed by atoms with Gasteiger partial charge in [-0.15, -0.1) is 5.98 Å². The lowest BCUT2D eigenvalue weighted by molar-refractivity contribution is 0.920. The van der Waals surface area contributed by atoms with Crippen LogP contribution in [0, 0.1) is 0 Å². The Morgan fingerprint density at radius 3 is 2.57 bits per heavy atom. The average molecular weight is 187 g/mol. The lowest BCUT2D eigenvalue weighted by Gasteiger charge is -2.06. The topological polar surface area (TPSA) is 12.0 Å². The van der Waals surface area contributed by atoms with Gasteiger partial charge in [-0.3, -0.25) is 0 Å². The summed E-state index contributed by atoms with van der Waals surface area (Å²) in [5.41, 5.74) is 1.97. The minimum Gasteiger partial charge on any atom is -0.359 e. The van der Waals surface area contributed by atoms with Crippen LogP contribution in [-0.4, -0.2) is 7.85 Å². The molecule has 0 bridgehead atoms. The van der Waals surface area contributed by atoms with Gasteiger partial charge in [-0.2, -0.15) is 0 Å². The molecule has 0 saturated carbocycles. The molecule has 0 aromatic carbocycles. The summed E-state index contributed by atoms with van der Waals surface area (Å²) in [7, 11) is 1.99. The smallest absolute Gasteiger partial charge is 0.129 e. The summed E-state index contributed by atoms with van der Waals surface area (Å²) in [6.07, 6.45) is 10.6. The van der Waals surface area contributed by atoms with Gasteiger partial charge in [-0.1, -0.05) is 38.3 Å². The van der Waals surface area contributed by atoms with Crippen molar-refractivity contribution >= 4 is 7.85 Å². The van der Waals surface area contributed by atoms with Crippen LogP contribution in [0.15, 0.2) is 60.9 Å². The molecule has 0 rings (SSSR count). The van der Waals surface area contributed by atoms with Crippen LogP contribution in [0.5, 0.6) is 0 Å². The van der Waals surface area contributed by atoms with E-state index in [-0.39, 0.29) is 0 Å². The molecular weight excluding hydrogens is 169 g/mol. The zero-order valence-electron chi connectivity index (χ0n) is 9.09. The second kappa shape index (κ2) is 8.18. The maximum absolute atomic E-state index is 3.87. The first-order valence-corrected chi connectivity index (χ1v) is 4.81. The largest absolute Gasteiger partial charge is 0.359 e. The van der Waals surface area contributed by atoms with Gasteiger partial charge in [0.25, 0.3) is 0 Å². The Morgan fingerprint density at radius 2 is 2.07 bits per heavy atom. The Balaban J connectivity index is 4.25. The fourth-order valence-electron chi connectivity index (χ4n) is 0.788. The van der Waals surface area contributed by atoms with E-state index in [4.69, 9.17) is 0 Å². The van der Waals surface area contributed by atoms with E-state index < -0.39 is 0 Å². The van der Waals surface area contributed by atoms with Gasteiger partial charge in [0.15, 0.2) is 0 Å². The molecule has 1 nitrogen and oxygen atoms in total. The molecule has 0 saturated heterocycles. The van der Waals surface area contributed by atoms with Gasteiger partial charge in [0.2, 0.25) is 0 Å². The van der Waals surface area contributed by atoms with Gasteiger partial charge >= 0.3 is 0 Å². The van der Waals surface area contributed by atoms with Crippen molar-refractivity contribution in [3.8, 4) is 0 Å². The first-order chi connectivity index (χ1) is 6.74. The van der Waals surface area contributed by atoms with E-state index in [1.807, 2.05) is 38.1 Å². The number of nitrogens with one attached hydrogen (secondary N) is 1. The molecule has 0 spiro atoms. The average Bonchev–Trinajstić information content (AvgIpc) is 2.22. The molecule has 0 aromatic heterocycles. The van der Waals surface area contributed by atoms with Crippen LogP contribution in [0.1, 0.15) is 13.3 Å². The second-order valence-electron chi connectivity index (χ2n) is 2.82. The van der Waals surface area contributed by atoms with Gasteiger partial charge in [0.05, 0.1) is 0 Å². The Kier molecular flexibility index (Phi) is 7.34. The molecule has 1 N–H and O–H groups in total. The third-order valence-corrected chi connectivity index (χ3v) is 1.66. The zero-order valence-corrected chi connectivity index (χ0v) is 9.09. The maximum Gasteiger partial charge on any atom is 0.129 e. The molecule has 0 aliphatic rings. The first kappa shape index (κ1) is 12.6. The molecular formula is C12H18BN. The molecule has 0 aliphatic carbocycles. The molecule has 0 aromatic rings. The fourth-order valence-corrected chi connectivity index (χ4v) is 0.788.